The lowest BCUT2D eigenvalue weighted by molar-refractivity contribution is -0.149. The van der Waals surface area contributed by atoms with Crippen molar-refractivity contribution < 1.29 is 24.1 Å². The third-order valence-corrected chi connectivity index (χ3v) is 7.46. The summed E-state index contributed by atoms with van der Waals surface area (Å²) in [6.45, 7) is 11.2. The Morgan fingerprint density at radius 2 is 1.47 bits per heavy atom. The van der Waals surface area contributed by atoms with Crippen LogP contribution in [0.15, 0.2) is 60.7 Å². The standard InChI is InChI=1S/C31H36O5/c1-20(34-6)35-19-36-28-14-12-23(21-7-9-22(10-8-21)29(32)33)17-25(28)24-11-13-26-27(18-24)31(4,5)16-15-30(26,2)3/h7-14,17-18,20H,15-16,19H2,1-6H3,(H,32,33). The van der Waals surface area contributed by atoms with Crippen LogP contribution in [0.3, 0.4) is 0 Å². The number of rotatable bonds is 8. The van der Waals surface area contributed by atoms with E-state index < -0.39 is 5.97 Å². The van der Waals surface area contributed by atoms with Gasteiger partial charge in [-0.25, -0.2) is 4.79 Å². The van der Waals surface area contributed by atoms with Crippen LogP contribution in [-0.4, -0.2) is 31.3 Å². The first-order chi connectivity index (χ1) is 17.0. The van der Waals surface area contributed by atoms with Crippen molar-refractivity contribution in [2.45, 2.75) is 64.6 Å². The fraction of sp³-hybridized carbons (Fsp3) is 0.387. The van der Waals surface area contributed by atoms with E-state index in [0.29, 0.717) is 0 Å². The van der Waals surface area contributed by atoms with E-state index in [0.717, 1.165) is 40.8 Å². The molecule has 1 unspecified atom stereocenters. The molecule has 0 spiro atoms. The van der Waals surface area contributed by atoms with Crippen LogP contribution in [-0.2, 0) is 20.3 Å². The van der Waals surface area contributed by atoms with Gasteiger partial charge in [-0.3, -0.25) is 0 Å². The van der Waals surface area contributed by atoms with Gasteiger partial charge in [0, 0.05) is 12.7 Å². The smallest absolute Gasteiger partial charge is 0.335 e. The molecule has 1 aliphatic rings. The van der Waals surface area contributed by atoms with Crippen molar-refractivity contribution in [3.63, 3.8) is 0 Å². The van der Waals surface area contributed by atoms with Gasteiger partial charge in [0.15, 0.2) is 13.1 Å². The maximum absolute atomic E-state index is 11.3. The second-order valence-corrected chi connectivity index (χ2v) is 10.9. The molecule has 0 saturated heterocycles. The maximum Gasteiger partial charge on any atom is 0.335 e. The minimum atomic E-state index is -0.934. The van der Waals surface area contributed by atoms with Gasteiger partial charge in [0.1, 0.15) is 5.75 Å². The Labute approximate surface area is 214 Å². The highest BCUT2D eigenvalue weighted by Gasteiger charge is 2.37. The molecule has 0 radical (unpaired) electrons. The summed E-state index contributed by atoms with van der Waals surface area (Å²) in [5.74, 6) is -0.215. The first kappa shape index (κ1) is 25.9. The molecule has 4 rings (SSSR count). The zero-order valence-electron chi connectivity index (χ0n) is 22.1. The molecule has 0 amide bonds. The van der Waals surface area contributed by atoms with E-state index >= 15 is 0 Å². The van der Waals surface area contributed by atoms with Crippen LogP contribution in [0.2, 0.25) is 0 Å². The van der Waals surface area contributed by atoms with Crippen molar-refractivity contribution in [3.05, 3.63) is 77.4 Å². The van der Waals surface area contributed by atoms with Crippen LogP contribution < -0.4 is 4.74 Å². The third-order valence-electron chi connectivity index (χ3n) is 7.46. The van der Waals surface area contributed by atoms with E-state index in [9.17, 15) is 9.90 Å². The quantitative estimate of drug-likeness (QED) is 0.334. The number of aromatic carboxylic acids is 1. The number of methoxy groups -OCH3 is 1. The number of hydrogen-bond donors (Lipinski definition) is 1. The Hall–Kier alpha value is -3.15. The van der Waals surface area contributed by atoms with Gasteiger partial charge in [-0.15, -0.1) is 0 Å². The Morgan fingerprint density at radius 1 is 0.861 bits per heavy atom. The second kappa shape index (κ2) is 10.1. The van der Waals surface area contributed by atoms with E-state index in [1.54, 1.807) is 19.2 Å². The summed E-state index contributed by atoms with van der Waals surface area (Å²) < 4.78 is 16.8. The highest BCUT2D eigenvalue weighted by Crippen LogP contribution is 2.47. The molecule has 5 heteroatoms. The SMILES string of the molecule is COC(C)OCOc1ccc(-c2ccc(C(=O)O)cc2)cc1-c1ccc2c(c1)C(C)(C)CCC2(C)C. The van der Waals surface area contributed by atoms with Crippen LogP contribution in [0.25, 0.3) is 22.3 Å². The lowest BCUT2D eigenvalue weighted by Crippen LogP contribution is -2.33. The topological polar surface area (TPSA) is 65.0 Å². The Morgan fingerprint density at radius 3 is 2.11 bits per heavy atom. The number of hydrogen-bond acceptors (Lipinski definition) is 4. The van der Waals surface area contributed by atoms with Crippen LogP contribution in [0.1, 0.15) is 68.9 Å². The van der Waals surface area contributed by atoms with E-state index in [-0.39, 0.29) is 29.5 Å². The number of carboxylic acids is 1. The van der Waals surface area contributed by atoms with E-state index in [4.69, 9.17) is 14.2 Å². The van der Waals surface area contributed by atoms with Crippen molar-refractivity contribution in [2.24, 2.45) is 0 Å². The summed E-state index contributed by atoms with van der Waals surface area (Å²) in [5.41, 5.74) is 7.25. The largest absolute Gasteiger partial charge is 0.478 e. The van der Waals surface area contributed by atoms with E-state index in [1.807, 2.05) is 31.2 Å². The average molecular weight is 489 g/mol. The molecular formula is C31H36O5. The third kappa shape index (κ3) is 5.32. The molecule has 1 aliphatic carbocycles. The molecule has 0 heterocycles. The number of ether oxygens (including phenoxy) is 3. The molecule has 0 aromatic heterocycles. The molecule has 0 saturated carbocycles. The molecule has 36 heavy (non-hydrogen) atoms. The minimum Gasteiger partial charge on any atom is -0.478 e. The highest BCUT2D eigenvalue weighted by atomic mass is 16.7. The first-order valence-corrected chi connectivity index (χ1v) is 12.4. The maximum atomic E-state index is 11.3. The minimum absolute atomic E-state index is 0.0676. The van der Waals surface area contributed by atoms with Gasteiger partial charge in [-0.2, -0.15) is 0 Å². The van der Waals surface area contributed by atoms with Gasteiger partial charge in [0.05, 0.1) is 5.56 Å². The predicted molar refractivity (Wildman–Crippen MR) is 143 cm³/mol. The first-order valence-electron chi connectivity index (χ1n) is 12.4. The van der Waals surface area contributed by atoms with Gasteiger partial charge < -0.3 is 19.3 Å². The Balaban J connectivity index is 1.78. The monoisotopic (exact) mass is 488 g/mol. The van der Waals surface area contributed by atoms with Crippen molar-refractivity contribution in [1.29, 1.82) is 0 Å². The van der Waals surface area contributed by atoms with Gasteiger partial charge in [-0.05, 0) is 82.7 Å². The summed E-state index contributed by atoms with van der Waals surface area (Å²) in [7, 11) is 1.59. The lowest BCUT2D eigenvalue weighted by Gasteiger charge is -2.42. The summed E-state index contributed by atoms with van der Waals surface area (Å²) in [6.07, 6.45) is 1.93. The summed E-state index contributed by atoms with van der Waals surface area (Å²) in [6, 6.07) is 19.7. The van der Waals surface area contributed by atoms with Crippen LogP contribution in [0, 0.1) is 0 Å². The Bertz CT molecular complexity index is 1240. The summed E-state index contributed by atoms with van der Waals surface area (Å²) >= 11 is 0. The molecule has 3 aromatic carbocycles. The van der Waals surface area contributed by atoms with Crippen LogP contribution in [0.5, 0.6) is 5.75 Å². The summed E-state index contributed by atoms with van der Waals surface area (Å²) in [5, 5.41) is 9.25. The van der Waals surface area contributed by atoms with Gasteiger partial charge in [-0.1, -0.05) is 64.1 Å². The van der Waals surface area contributed by atoms with Crippen molar-refractivity contribution in [1.82, 2.24) is 0 Å². The number of carbonyl (C=O) groups is 1. The van der Waals surface area contributed by atoms with Gasteiger partial charge >= 0.3 is 5.97 Å². The number of fused-ring (bicyclic) bond motifs is 1. The zero-order valence-corrected chi connectivity index (χ0v) is 22.1. The molecule has 1 atom stereocenters. The van der Waals surface area contributed by atoms with E-state index in [1.165, 1.54) is 11.1 Å². The molecule has 190 valence electrons. The molecular weight excluding hydrogens is 452 g/mol. The lowest BCUT2D eigenvalue weighted by atomic mass is 9.63. The molecule has 3 aromatic rings. The van der Waals surface area contributed by atoms with Crippen molar-refractivity contribution >= 4 is 5.97 Å². The normalized spacial score (nSPS) is 16.7. The number of carboxylic acid groups (broad SMARTS) is 1. The number of benzene rings is 3. The van der Waals surface area contributed by atoms with Crippen molar-refractivity contribution in [3.8, 4) is 28.0 Å². The molecule has 1 N–H and O–H groups in total. The summed E-state index contributed by atoms with van der Waals surface area (Å²) in [4.78, 5) is 11.3. The van der Waals surface area contributed by atoms with Crippen LogP contribution in [0.4, 0.5) is 0 Å². The van der Waals surface area contributed by atoms with Crippen LogP contribution >= 0.6 is 0 Å². The van der Waals surface area contributed by atoms with E-state index in [2.05, 4.69) is 52.0 Å². The van der Waals surface area contributed by atoms with Gasteiger partial charge in [0.2, 0.25) is 0 Å². The zero-order chi connectivity index (χ0) is 26.1. The molecule has 5 nitrogen and oxygen atoms in total. The predicted octanol–water partition coefficient (Wildman–Crippen LogP) is 7.41. The highest BCUT2D eigenvalue weighted by molar-refractivity contribution is 5.88. The van der Waals surface area contributed by atoms with Crippen molar-refractivity contribution in [2.75, 3.05) is 13.9 Å². The Kier molecular flexibility index (Phi) is 7.26. The van der Waals surface area contributed by atoms with Gasteiger partial charge in [0.25, 0.3) is 0 Å². The fourth-order valence-corrected chi connectivity index (χ4v) is 4.88. The molecule has 0 aliphatic heterocycles. The second-order valence-electron chi connectivity index (χ2n) is 10.9. The average Bonchev–Trinajstić information content (AvgIpc) is 2.86. The molecule has 0 fully saturated rings. The fourth-order valence-electron chi connectivity index (χ4n) is 4.88. The molecule has 0 bridgehead atoms.